The molecule has 160 valence electrons. The number of carbonyl (C=O) groups is 1. The maximum absolute atomic E-state index is 13.3. The predicted molar refractivity (Wildman–Crippen MR) is 121 cm³/mol. The molecule has 0 spiro atoms. The Morgan fingerprint density at radius 3 is 2.23 bits per heavy atom. The van der Waals surface area contributed by atoms with Crippen LogP contribution in [-0.4, -0.2) is 48.9 Å². The van der Waals surface area contributed by atoms with Crippen molar-refractivity contribution in [1.29, 1.82) is 0 Å². The van der Waals surface area contributed by atoms with Crippen LogP contribution in [0.3, 0.4) is 0 Å². The number of nitrogens with zero attached hydrogens (tertiary/aromatic N) is 2. The van der Waals surface area contributed by atoms with Crippen LogP contribution in [0.4, 0.5) is 0 Å². The van der Waals surface area contributed by atoms with E-state index in [9.17, 15) is 4.79 Å². The normalized spacial score (nSPS) is 13.2. The minimum atomic E-state index is -0.114. The Morgan fingerprint density at radius 1 is 1.00 bits per heavy atom. The molecule has 0 atom stereocenters. The third-order valence-corrected chi connectivity index (χ3v) is 5.50. The van der Waals surface area contributed by atoms with Crippen LogP contribution in [0.2, 0.25) is 0 Å². The topological polar surface area (TPSA) is 60.4 Å². The van der Waals surface area contributed by atoms with Gasteiger partial charge in [-0.3, -0.25) is 14.7 Å². The van der Waals surface area contributed by atoms with Gasteiger partial charge in [0, 0.05) is 17.9 Å². The fourth-order valence-corrected chi connectivity index (χ4v) is 4.13. The molecule has 1 aliphatic rings. The first-order valence-electron chi connectivity index (χ1n) is 10.3. The Labute approximate surface area is 182 Å². The summed E-state index contributed by atoms with van der Waals surface area (Å²) < 4.78 is 17.2. The predicted octanol–water partition coefficient (Wildman–Crippen LogP) is 4.63. The summed E-state index contributed by atoms with van der Waals surface area (Å²) in [6.45, 7) is 8.28. The molecular formula is C23H28N2O4S. The van der Waals surface area contributed by atoms with Crippen LogP contribution in [0.25, 0.3) is 0 Å². The molecule has 0 fully saturated rings. The van der Waals surface area contributed by atoms with Gasteiger partial charge in [0.1, 0.15) is 0 Å². The SMILES string of the molecule is CCOc1cc(C(=O)N2CCN=C2SCc2ccccc2)cc(OCC)c1OCC. The van der Waals surface area contributed by atoms with Gasteiger partial charge < -0.3 is 14.2 Å². The molecular weight excluding hydrogens is 400 g/mol. The van der Waals surface area contributed by atoms with Crippen LogP contribution < -0.4 is 14.2 Å². The Morgan fingerprint density at radius 2 is 1.63 bits per heavy atom. The zero-order valence-electron chi connectivity index (χ0n) is 17.7. The molecule has 0 aliphatic carbocycles. The van der Waals surface area contributed by atoms with Crippen LogP contribution in [-0.2, 0) is 5.75 Å². The Bertz CT molecular complexity index is 859. The summed E-state index contributed by atoms with van der Waals surface area (Å²) in [4.78, 5) is 19.6. The van der Waals surface area contributed by atoms with Gasteiger partial charge in [-0.15, -0.1) is 0 Å². The van der Waals surface area contributed by atoms with Gasteiger partial charge >= 0.3 is 0 Å². The van der Waals surface area contributed by atoms with E-state index in [0.29, 0.717) is 55.7 Å². The molecule has 0 unspecified atom stereocenters. The van der Waals surface area contributed by atoms with E-state index in [4.69, 9.17) is 14.2 Å². The summed E-state index contributed by atoms with van der Waals surface area (Å²) in [5.74, 6) is 2.22. The number of aliphatic imine (C=N–C) groups is 1. The summed E-state index contributed by atoms with van der Waals surface area (Å²) in [6, 6.07) is 13.6. The molecule has 1 heterocycles. The third-order valence-electron chi connectivity index (χ3n) is 4.41. The number of rotatable bonds is 9. The van der Waals surface area contributed by atoms with Gasteiger partial charge in [0.15, 0.2) is 16.7 Å². The minimum Gasteiger partial charge on any atom is -0.490 e. The van der Waals surface area contributed by atoms with Gasteiger partial charge in [0.2, 0.25) is 5.75 Å². The summed E-state index contributed by atoms with van der Waals surface area (Å²) >= 11 is 1.58. The van der Waals surface area contributed by atoms with Crippen molar-refractivity contribution in [3.63, 3.8) is 0 Å². The van der Waals surface area contributed by atoms with Crippen molar-refractivity contribution < 1.29 is 19.0 Å². The van der Waals surface area contributed by atoms with E-state index in [1.807, 2.05) is 39.0 Å². The molecule has 1 amide bonds. The van der Waals surface area contributed by atoms with Crippen molar-refractivity contribution in [2.24, 2.45) is 4.99 Å². The van der Waals surface area contributed by atoms with E-state index in [1.54, 1.807) is 28.8 Å². The van der Waals surface area contributed by atoms with E-state index in [-0.39, 0.29) is 5.91 Å². The molecule has 0 N–H and O–H groups in total. The van der Waals surface area contributed by atoms with Crippen LogP contribution in [0.1, 0.15) is 36.7 Å². The lowest BCUT2D eigenvalue weighted by Gasteiger charge is -2.21. The zero-order valence-corrected chi connectivity index (χ0v) is 18.5. The molecule has 3 rings (SSSR count). The molecule has 2 aromatic rings. The van der Waals surface area contributed by atoms with E-state index < -0.39 is 0 Å². The van der Waals surface area contributed by atoms with E-state index >= 15 is 0 Å². The molecule has 0 aromatic heterocycles. The molecule has 7 heteroatoms. The van der Waals surface area contributed by atoms with Crippen LogP contribution >= 0.6 is 11.8 Å². The maximum atomic E-state index is 13.3. The molecule has 0 saturated carbocycles. The lowest BCUT2D eigenvalue weighted by atomic mass is 10.1. The molecule has 1 aliphatic heterocycles. The quantitative estimate of drug-likeness (QED) is 0.583. The second-order valence-corrected chi connectivity index (χ2v) is 7.44. The van der Waals surface area contributed by atoms with Gasteiger partial charge in [-0.2, -0.15) is 0 Å². The van der Waals surface area contributed by atoms with Crippen molar-refractivity contribution in [3.05, 3.63) is 53.6 Å². The van der Waals surface area contributed by atoms with Gasteiger partial charge in [-0.25, -0.2) is 0 Å². The zero-order chi connectivity index (χ0) is 21.3. The molecule has 2 aromatic carbocycles. The highest BCUT2D eigenvalue weighted by Crippen LogP contribution is 2.39. The molecule has 0 saturated heterocycles. The van der Waals surface area contributed by atoms with Crippen LogP contribution in [0.5, 0.6) is 17.2 Å². The first-order valence-corrected chi connectivity index (χ1v) is 11.3. The molecule has 30 heavy (non-hydrogen) atoms. The second kappa shape index (κ2) is 10.9. The lowest BCUT2D eigenvalue weighted by molar-refractivity contribution is 0.0859. The van der Waals surface area contributed by atoms with Crippen LogP contribution in [0, 0.1) is 0 Å². The molecule has 6 nitrogen and oxygen atoms in total. The maximum Gasteiger partial charge on any atom is 0.260 e. The monoisotopic (exact) mass is 428 g/mol. The smallest absolute Gasteiger partial charge is 0.260 e. The number of hydrogen-bond acceptors (Lipinski definition) is 6. The minimum absolute atomic E-state index is 0.114. The van der Waals surface area contributed by atoms with E-state index in [0.717, 1.165) is 10.9 Å². The number of carbonyl (C=O) groups excluding carboxylic acids is 1. The number of amides is 1. The second-order valence-electron chi connectivity index (χ2n) is 6.50. The lowest BCUT2D eigenvalue weighted by Crippen LogP contribution is -2.33. The Hall–Kier alpha value is -2.67. The summed E-state index contributed by atoms with van der Waals surface area (Å²) in [5.41, 5.74) is 1.70. The summed E-state index contributed by atoms with van der Waals surface area (Å²) in [6.07, 6.45) is 0. The Kier molecular flexibility index (Phi) is 8.02. The van der Waals surface area contributed by atoms with E-state index in [2.05, 4.69) is 17.1 Å². The highest BCUT2D eigenvalue weighted by atomic mass is 32.2. The largest absolute Gasteiger partial charge is 0.490 e. The average molecular weight is 429 g/mol. The van der Waals surface area contributed by atoms with Crippen LogP contribution in [0.15, 0.2) is 47.5 Å². The molecule has 0 radical (unpaired) electrons. The first kappa shape index (κ1) is 22.0. The number of ether oxygens (including phenoxy) is 3. The van der Waals surface area contributed by atoms with Crippen molar-refractivity contribution in [2.45, 2.75) is 26.5 Å². The molecule has 0 bridgehead atoms. The highest BCUT2D eigenvalue weighted by molar-refractivity contribution is 8.13. The average Bonchev–Trinajstić information content (AvgIpc) is 3.23. The number of amidine groups is 1. The van der Waals surface area contributed by atoms with Crippen molar-refractivity contribution in [2.75, 3.05) is 32.9 Å². The Balaban J connectivity index is 1.83. The first-order chi connectivity index (χ1) is 14.7. The van der Waals surface area contributed by atoms with Crippen molar-refractivity contribution in [3.8, 4) is 17.2 Å². The van der Waals surface area contributed by atoms with Gasteiger partial charge in [-0.05, 0) is 38.5 Å². The fraction of sp³-hybridized carbons (Fsp3) is 0.391. The van der Waals surface area contributed by atoms with Gasteiger partial charge in [-0.1, -0.05) is 42.1 Å². The highest BCUT2D eigenvalue weighted by Gasteiger charge is 2.27. The number of benzene rings is 2. The van der Waals surface area contributed by atoms with Gasteiger partial charge in [0.25, 0.3) is 5.91 Å². The number of hydrogen-bond donors (Lipinski definition) is 0. The summed E-state index contributed by atoms with van der Waals surface area (Å²) in [5, 5.41) is 0.744. The van der Waals surface area contributed by atoms with Crippen molar-refractivity contribution in [1.82, 2.24) is 4.90 Å². The van der Waals surface area contributed by atoms with E-state index in [1.165, 1.54) is 5.56 Å². The van der Waals surface area contributed by atoms with Gasteiger partial charge in [0.05, 0.1) is 26.4 Å². The summed E-state index contributed by atoms with van der Waals surface area (Å²) in [7, 11) is 0. The fourth-order valence-electron chi connectivity index (χ4n) is 3.13. The standard InChI is InChI=1S/C23H28N2O4S/c1-4-27-19-14-18(15-20(28-5-2)21(19)29-6-3)22(26)25-13-12-24-23(25)30-16-17-10-8-7-9-11-17/h7-11,14-15H,4-6,12-13,16H2,1-3H3. The number of thioether (sulfide) groups is 1. The third kappa shape index (κ3) is 5.27. The van der Waals surface area contributed by atoms with Crippen molar-refractivity contribution >= 4 is 22.8 Å².